The molecular formula is C17H17FN2O2. The van der Waals surface area contributed by atoms with E-state index in [1.807, 2.05) is 18.2 Å². The van der Waals surface area contributed by atoms with Crippen LogP contribution in [-0.4, -0.2) is 28.6 Å². The largest absolute Gasteiger partial charge is 0.477 e. The third-order valence-corrected chi connectivity index (χ3v) is 4.16. The molecule has 2 aromatic rings. The van der Waals surface area contributed by atoms with E-state index >= 15 is 0 Å². The molecule has 3 rings (SSSR count). The number of carbonyl (C=O) groups is 1. The van der Waals surface area contributed by atoms with Crippen molar-refractivity contribution in [1.82, 2.24) is 4.98 Å². The molecular weight excluding hydrogens is 283 g/mol. The number of aromatic nitrogens is 1. The number of pyridine rings is 1. The molecule has 1 saturated heterocycles. The lowest BCUT2D eigenvalue weighted by molar-refractivity contribution is 0.0690. The van der Waals surface area contributed by atoms with Crippen LogP contribution in [0.3, 0.4) is 0 Å². The fourth-order valence-electron chi connectivity index (χ4n) is 3.03. The molecule has 1 N–H and O–H groups in total. The number of carboxylic acids is 1. The minimum atomic E-state index is -1.02. The van der Waals surface area contributed by atoms with Crippen molar-refractivity contribution in [3.05, 3.63) is 59.5 Å². The number of benzene rings is 1. The molecule has 2 unspecified atom stereocenters. The van der Waals surface area contributed by atoms with Crippen molar-refractivity contribution in [2.24, 2.45) is 0 Å². The van der Waals surface area contributed by atoms with Gasteiger partial charge in [0.2, 0.25) is 0 Å². The molecule has 22 heavy (non-hydrogen) atoms. The van der Waals surface area contributed by atoms with Crippen molar-refractivity contribution in [3.8, 4) is 0 Å². The second-order valence-electron chi connectivity index (χ2n) is 5.67. The molecule has 114 valence electrons. The molecule has 2 atom stereocenters. The fraction of sp³-hybridized carbons (Fsp3) is 0.294. The fourth-order valence-corrected chi connectivity index (χ4v) is 3.03. The number of hydrogen-bond acceptors (Lipinski definition) is 3. The van der Waals surface area contributed by atoms with Crippen LogP contribution in [0.5, 0.6) is 0 Å². The summed E-state index contributed by atoms with van der Waals surface area (Å²) in [5.74, 6) is -0.283. The molecule has 0 bridgehead atoms. The molecule has 1 aliphatic rings. The van der Waals surface area contributed by atoms with Gasteiger partial charge in [-0.15, -0.1) is 0 Å². The SMILES string of the molecule is CC1CC(c2ccc(F)cc2)CN1c1cccc(C(=O)O)n1. The van der Waals surface area contributed by atoms with Gasteiger partial charge in [-0.25, -0.2) is 14.2 Å². The van der Waals surface area contributed by atoms with E-state index in [1.165, 1.54) is 18.2 Å². The van der Waals surface area contributed by atoms with Gasteiger partial charge in [0.15, 0.2) is 5.69 Å². The Bertz CT molecular complexity index is 687. The molecule has 0 radical (unpaired) electrons. The number of halogens is 1. The number of hydrogen-bond donors (Lipinski definition) is 1. The van der Waals surface area contributed by atoms with E-state index in [0.717, 1.165) is 18.5 Å². The summed E-state index contributed by atoms with van der Waals surface area (Å²) < 4.78 is 13.0. The molecule has 2 heterocycles. The zero-order chi connectivity index (χ0) is 15.7. The number of aromatic carboxylic acids is 1. The first-order chi connectivity index (χ1) is 10.5. The van der Waals surface area contributed by atoms with Gasteiger partial charge in [-0.2, -0.15) is 0 Å². The maximum absolute atomic E-state index is 13.0. The maximum Gasteiger partial charge on any atom is 0.354 e. The zero-order valence-corrected chi connectivity index (χ0v) is 12.2. The molecule has 0 amide bonds. The molecule has 0 aliphatic carbocycles. The van der Waals surface area contributed by atoms with E-state index in [0.29, 0.717) is 11.7 Å². The summed E-state index contributed by atoms with van der Waals surface area (Å²) in [4.78, 5) is 17.4. The van der Waals surface area contributed by atoms with Crippen molar-refractivity contribution in [2.45, 2.75) is 25.3 Å². The number of rotatable bonds is 3. The van der Waals surface area contributed by atoms with Crippen molar-refractivity contribution < 1.29 is 14.3 Å². The Labute approximate surface area is 128 Å². The Morgan fingerprint density at radius 1 is 1.27 bits per heavy atom. The van der Waals surface area contributed by atoms with Crippen molar-refractivity contribution in [2.75, 3.05) is 11.4 Å². The smallest absolute Gasteiger partial charge is 0.354 e. The van der Waals surface area contributed by atoms with Crippen LogP contribution in [0.15, 0.2) is 42.5 Å². The number of anilines is 1. The van der Waals surface area contributed by atoms with Gasteiger partial charge in [0, 0.05) is 18.5 Å². The van der Waals surface area contributed by atoms with Crippen LogP contribution in [0.4, 0.5) is 10.2 Å². The van der Waals surface area contributed by atoms with Gasteiger partial charge < -0.3 is 10.0 Å². The summed E-state index contributed by atoms with van der Waals surface area (Å²) in [6, 6.07) is 11.9. The highest BCUT2D eigenvalue weighted by atomic mass is 19.1. The Morgan fingerprint density at radius 2 is 2.00 bits per heavy atom. The molecule has 1 aromatic carbocycles. The van der Waals surface area contributed by atoms with Gasteiger partial charge in [0.05, 0.1) is 0 Å². The summed E-state index contributed by atoms with van der Waals surface area (Å²) in [7, 11) is 0. The highest BCUT2D eigenvalue weighted by molar-refractivity contribution is 5.85. The van der Waals surface area contributed by atoms with Gasteiger partial charge in [-0.1, -0.05) is 18.2 Å². The summed E-state index contributed by atoms with van der Waals surface area (Å²) in [6.07, 6.45) is 0.935. The van der Waals surface area contributed by atoms with E-state index in [2.05, 4.69) is 16.8 Å². The first-order valence-electron chi connectivity index (χ1n) is 7.27. The van der Waals surface area contributed by atoms with Gasteiger partial charge in [-0.3, -0.25) is 0 Å². The van der Waals surface area contributed by atoms with Gasteiger partial charge >= 0.3 is 5.97 Å². The van der Waals surface area contributed by atoms with Crippen molar-refractivity contribution in [3.63, 3.8) is 0 Å². The lowest BCUT2D eigenvalue weighted by Gasteiger charge is -2.22. The predicted octanol–water partition coefficient (Wildman–Crippen LogP) is 3.30. The van der Waals surface area contributed by atoms with E-state index in [4.69, 9.17) is 5.11 Å². The topological polar surface area (TPSA) is 53.4 Å². The van der Waals surface area contributed by atoms with Gasteiger partial charge in [-0.05, 0) is 43.2 Å². The average Bonchev–Trinajstić information content (AvgIpc) is 2.90. The van der Waals surface area contributed by atoms with Crippen LogP contribution in [0, 0.1) is 5.82 Å². The summed E-state index contributed by atoms with van der Waals surface area (Å²) in [5, 5.41) is 9.06. The quantitative estimate of drug-likeness (QED) is 0.945. The van der Waals surface area contributed by atoms with E-state index in [-0.39, 0.29) is 17.6 Å². The summed E-state index contributed by atoms with van der Waals surface area (Å²) in [5.41, 5.74) is 1.15. The standard InChI is InChI=1S/C17H17FN2O2/c1-11-9-13(12-5-7-14(18)8-6-12)10-20(11)16-4-2-3-15(19-16)17(21)22/h2-8,11,13H,9-10H2,1H3,(H,21,22). The maximum atomic E-state index is 13.0. The highest BCUT2D eigenvalue weighted by Gasteiger charge is 2.31. The molecule has 5 heteroatoms. The minimum absolute atomic E-state index is 0.0509. The molecule has 0 spiro atoms. The second kappa shape index (κ2) is 5.75. The van der Waals surface area contributed by atoms with Crippen LogP contribution >= 0.6 is 0 Å². The molecule has 1 aromatic heterocycles. The van der Waals surface area contributed by atoms with E-state index < -0.39 is 5.97 Å². The average molecular weight is 300 g/mol. The van der Waals surface area contributed by atoms with Crippen molar-refractivity contribution >= 4 is 11.8 Å². The number of carboxylic acid groups (broad SMARTS) is 1. The Balaban J connectivity index is 1.82. The third-order valence-electron chi connectivity index (χ3n) is 4.16. The lowest BCUT2D eigenvalue weighted by Crippen LogP contribution is -2.28. The Hall–Kier alpha value is -2.43. The van der Waals surface area contributed by atoms with Crippen molar-refractivity contribution in [1.29, 1.82) is 0 Å². The predicted molar refractivity (Wildman–Crippen MR) is 81.8 cm³/mol. The van der Waals surface area contributed by atoms with Crippen LogP contribution in [-0.2, 0) is 0 Å². The molecule has 1 fully saturated rings. The van der Waals surface area contributed by atoms with E-state index in [9.17, 15) is 9.18 Å². The number of nitrogens with zero attached hydrogens (tertiary/aromatic N) is 2. The molecule has 0 saturated carbocycles. The first-order valence-corrected chi connectivity index (χ1v) is 7.27. The van der Waals surface area contributed by atoms with Crippen LogP contribution in [0.2, 0.25) is 0 Å². The van der Waals surface area contributed by atoms with E-state index in [1.54, 1.807) is 6.07 Å². The third kappa shape index (κ3) is 2.79. The monoisotopic (exact) mass is 300 g/mol. The lowest BCUT2D eigenvalue weighted by atomic mass is 9.97. The Kier molecular flexibility index (Phi) is 3.79. The first kappa shape index (κ1) is 14.5. The molecule has 1 aliphatic heterocycles. The van der Waals surface area contributed by atoms with Crippen LogP contribution in [0.1, 0.15) is 35.3 Å². The van der Waals surface area contributed by atoms with Crippen LogP contribution in [0.25, 0.3) is 0 Å². The zero-order valence-electron chi connectivity index (χ0n) is 12.2. The summed E-state index contributed by atoms with van der Waals surface area (Å²) >= 11 is 0. The second-order valence-corrected chi connectivity index (χ2v) is 5.67. The molecule has 4 nitrogen and oxygen atoms in total. The normalized spacial score (nSPS) is 21.1. The van der Waals surface area contributed by atoms with Gasteiger partial charge in [0.1, 0.15) is 11.6 Å². The summed E-state index contributed by atoms with van der Waals surface area (Å²) in [6.45, 7) is 2.85. The highest BCUT2D eigenvalue weighted by Crippen LogP contribution is 2.34. The van der Waals surface area contributed by atoms with Crippen LogP contribution < -0.4 is 4.90 Å². The van der Waals surface area contributed by atoms with Gasteiger partial charge in [0.25, 0.3) is 0 Å². The minimum Gasteiger partial charge on any atom is -0.477 e. The Morgan fingerprint density at radius 3 is 2.68 bits per heavy atom.